The monoisotopic (exact) mass is 340 g/mol. The molecule has 1 aliphatic rings. The Morgan fingerprint density at radius 2 is 2.00 bits per heavy atom. The molecule has 130 valence electrons. The van der Waals surface area contributed by atoms with Crippen LogP contribution in [-0.2, 0) is 10.0 Å². The van der Waals surface area contributed by atoms with E-state index in [4.69, 9.17) is 4.74 Å². The largest absolute Gasteiger partial charge is 0.494 e. The zero-order valence-electron chi connectivity index (χ0n) is 14.3. The Hall–Kier alpha value is -1.11. The van der Waals surface area contributed by atoms with Crippen molar-refractivity contribution < 1.29 is 13.2 Å². The second-order valence-electron chi connectivity index (χ2n) is 6.47. The number of hydrogen-bond acceptors (Lipinski definition) is 4. The Labute approximate surface area is 140 Å². The molecule has 0 radical (unpaired) electrons. The van der Waals surface area contributed by atoms with E-state index in [2.05, 4.69) is 19.2 Å². The highest BCUT2D eigenvalue weighted by atomic mass is 32.2. The third kappa shape index (κ3) is 4.68. The topological polar surface area (TPSA) is 58.6 Å². The molecule has 1 heterocycles. The summed E-state index contributed by atoms with van der Waals surface area (Å²) in [6.07, 6.45) is 2.82. The molecule has 23 heavy (non-hydrogen) atoms. The first-order chi connectivity index (χ1) is 10.9. The predicted octanol–water partition coefficient (Wildman–Crippen LogP) is 2.48. The summed E-state index contributed by atoms with van der Waals surface area (Å²) in [5.41, 5.74) is 0. The number of benzene rings is 1. The molecule has 0 saturated carbocycles. The Kier molecular flexibility index (Phi) is 6.44. The second kappa shape index (κ2) is 8.13. The van der Waals surface area contributed by atoms with Crippen molar-refractivity contribution in [1.82, 2.24) is 9.62 Å². The lowest BCUT2D eigenvalue weighted by Gasteiger charge is -2.24. The van der Waals surface area contributed by atoms with Crippen molar-refractivity contribution >= 4 is 10.0 Å². The number of likely N-dealkylation sites (N-methyl/N-ethyl adjacent to an activating group) is 1. The van der Waals surface area contributed by atoms with Crippen LogP contribution in [0, 0.1) is 5.92 Å². The lowest BCUT2D eigenvalue weighted by atomic mass is 10.1. The van der Waals surface area contributed by atoms with E-state index in [1.54, 1.807) is 28.6 Å². The number of sulfonamides is 1. The van der Waals surface area contributed by atoms with Crippen LogP contribution in [-0.4, -0.2) is 45.5 Å². The van der Waals surface area contributed by atoms with E-state index in [0.717, 1.165) is 25.0 Å². The molecule has 0 aliphatic carbocycles. The van der Waals surface area contributed by atoms with Gasteiger partial charge < -0.3 is 10.1 Å². The van der Waals surface area contributed by atoms with Gasteiger partial charge in [0.15, 0.2) is 0 Å². The fourth-order valence-electron chi connectivity index (χ4n) is 2.82. The molecule has 1 unspecified atom stereocenters. The van der Waals surface area contributed by atoms with E-state index in [9.17, 15) is 8.42 Å². The Morgan fingerprint density at radius 3 is 2.61 bits per heavy atom. The van der Waals surface area contributed by atoms with E-state index in [1.807, 2.05) is 7.05 Å². The second-order valence-corrected chi connectivity index (χ2v) is 8.36. The van der Waals surface area contributed by atoms with Gasteiger partial charge in [0, 0.05) is 19.1 Å². The summed E-state index contributed by atoms with van der Waals surface area (Å²) in [6, 6.07) is 6.84. The van der Waals surface area contributed by atoms with Crippen LogP contribution >= 0.6 is 0 Å². The SMILES string of the molecule is CNCC1CCCN1S(=O)(=O)c1ccc(OCCC(C)C)cc1. The zero-order valence-corrected chi connectivity index (χ0v) is 15.1. The van der Waals surface area contributed by atoms with E-state index in [-0.39, 0.29) is 6.04 Å². The number of hydrogen-bond donors (Lipinski definition) is 1. The van der Waals surface area contributed by atoms with Gasteiger partial charge >= 0.3 is 0 Å². The number of nitrogens with zero attached hydrogens (tertiary/aromatic N) is 1. The maximum atomic E-state index is 12.8. The first-order valence-corrected chi connectivity index (χ1v) is 9.78. The average Bonchev–Trinajstić information content (AvgIpc) is 2.97. The normalized spacial score (nSPS) is 19.4. The molecule has 1 aliphatic heterocycles. The van der Waals surface area contributed by atoms with Crippen molar-refractivity contribution in [2.75, 3.05) is 26.7 Å². The van der Waals surface area contributed by atoms with Gasteiger partial charge in [-0.2, -0.15) is 4.31 Å². The van der Waals surface area contributed by atoms with Crippen LogP contribution in [0.4, 0.5) is 0 Å². The summed E-state index contributed by atoms with van der Waals surface area (Å²) in [5.74, 6) is 1.31. The summed E-state index contributed by atoms with van der Waals surface area (Å²) in [5, 5.41) is 3.08. The van der Waals surface area contributed by atoms with Crippen molar-refractivity contribution in [1.29, 1.82) is 0 Å². The van der Waals surface area contributed by atoms with E-state index in [0.29, 0.717) is 30.5 Å². The first-order valence-electron chi connectivity index (χ1n) is 8.34. The summed E-state index contributed by atoms with van der Waals surface area (Å²) < 4.78 is 32.9. The highest BCUT2D eigenvalue weighted by Crippen LogP contribution is 2.27. The van der Waals surface area contributed by atoms with E-state index in [1.165, 1.54) is 0 Å². The molecule has 1 N–H and O–H groups in total. The van der Waals surface area contributed by atoms with Gasteiger partial charge in [0.25, 0.3) is 0 Å². The van der Waals surface area contributed by atoms with E-state index >= 15 is 0 Å². The molecule has 1 atom stereocenters. The number of rotatable bonds is 8. The Bertz CT molecular complexity index is 584. The molecule has 1 aromatic rings. The van der Waals surface area contributed by atoms with Crippen LogP contribution < -0.4 is 10.1 Å². The molecule has 1 aromatic carbocycles. The minimum absolute atomic E-state index is 0.0481. The molecule has 1 saturated heterocycles. The fourth-order valence-corrected chi connectivity index (χ4v) is 4.51. The quantitative estimate of drug-likeness (QED) is 0.790. The molecular weight excluding hydrogens is 312 g/mol. The summed E-state index contributed by atoms with van der Waals surface area (Å²) >= 11 is 0. The first kappa shape index (κ1) is 18.2. The zero-order chi connectivity index (χ0) is 16.9. The number of nitrogens with one attached hydrogen (secondary N) is 1. The molecule has 2 rings (SSSR count). The van der Waals surface area contributed by atoms with Crippen LogP contribution in [0.1, 0.15) is 33.1 Å². The fraction of sp³-hybridized carbons (Fsp3) is 0.647. The maximum absolute atomic E-state index is 12.8. The molecule has 0 spiro atoms. The van der Waals surface area contributed by atoms with Crippen LogP contribution in [0.2, 0.25) is 0 Å². The van der Waals surface area contributed by atoms with Crippen LogP contribution in [0.25, 0.3) is 0 Å². The van der Waals surface area contributed by atoms with Gasteiger partial charge in [-0.05, 0) is 56.5 Å². The third-order valence-electron chi connectivity index (χ3n) is 4.16. The third-order valence-corrected chi connectivity index (χ3v) is 6.12. The molecule has 1 fully saturated rings. The molecule has 5 nitrogen and oxygen atoms in total. The molecule has 6 heteroatoms. The molecule has 0 bridgehead atoms. The van der Waals surface area contributed by atoms with Crippen LogP contribution in [0.3, 0.4) is 0 Å². The summed E-state index contributed by atoms with van der Waals surface area (Å²) in [4.78, 5) is 0.344. The average molecular weight is 340 g/mol. The summed E-state index contributed by atoms with van der Waals surface area (Å²) in [7, 11) is -1.57. The number of ether oxygens (including phenoxy) is 1. The highest BCUT2D eigenvalue weighted by Gasteiger charge is 2.34. The van der Waals surface area contributed by atoms with Gasteiger partial charge in [-0.3, -0.25) is 0 Å². The van der Waals surface area contributed by atoms with Crippen molar-refractivity contribution in [2.24, 2.45) is 5.92 Å². The minimum atomic E-state index is -3.42. The van der Waals surface area contributed by atoms with Crippen molar-refractivity contribution in [3.63, 3.8) is 0 Å². The van der Waals surface area contributed by atoms with Gasteiger partial charge in [0.05, 0.1) is 11.5 Å². The van der Waals surface area contributed by atoms with Crippen molar-refractivity contribution in [2.45, 2.75) is 44.0 Å². The molecule has 0 amide bonds. The predicted molar refractivity (Wildman–Crippen MR) is 92.2 cm³/mol. The smallest absolute Gasteiger partial charge is 0.243 e. The summed E-state index contributed by atoms with van der Waals surface area (Å²) in [6.45, 7) is 6.24. The van der Waals surface area contributed by atoms with E-state index < -0.39 is 10.0 Å². The lowest BCUT2D eigenvalue weighted by Crippen LogP contribution is -2.40. The van der Waals surface area contributed by atoms with Gasteiger partial charge in [-0.15, -0.1) is 0 Å². The van der Waals surface area contributed by atoms with Gasteiger partial charge in [0.1, 0.15) is 5.75 Å². The Morgan fingerprint density at radius 1 is 1.30 bits per heavy atom. The lowest BCUT2D eigenvalue weighted by molar-refractivity contribution is 0.289. The maximum Gasteiger partial charge on any atom is 0.243 e. The Balaban J connectivity index is 2.05. The van der Waals surface area contributed by atoms with Gasteiger partial charge in [0.2, 0.25) is 10.0 Å². The van der Waals surface area contributed by atoms with Crippen LogP contribution in [0.5, 0.6) is 5.75 Å². The van der Waals surface area contributed by atoms with Gasteiger partial charge in [-0.1, -0.05) is 13.8 Å². The molecule has 0 aromatic heterocycles. The standard InChI is InChI=1S/C17H28N2O3S/c1-14(2)10-12-22-16-6-8-17(9-7-16)23(20,21)19-11-4-5-15(19)13-18-3/h6-9,14-15,18H,4-5,10-13H2,1-3H3. The van der Waals surface area contributed by atoms with Crippen LogP contribution in [0.15, 0.2) is 29.2 Å². The highest BCUT2D eigenvalue weighted by molar-refractivity contribution is 7.89. The van der Waals surface area contributed by atoms with Gasteiger partial charge in [-0.25, -0.2) is 8.42 Å². The van der Waals surface area contributed by atoms with Crippen molar-refractivity contribution in [3.8, 4) is 5.75 Å². The minimum Gasteiger partial charge on any atom is -0.494 e. The molecular formula is C17H28N2O3S. The van der Waals surface area contributed by atoms with Crippen molar-refractivity contribution in [3.05, 3.63) is 24.3 Å².